The summed E-state index contributed by atoms with van der Waals surface area (Å²) in [6.07, 6.45) is 1.01. The molecule has 1 aliphatic heterocycles. The van der Waals surface area contributed by atoms with Gasteiger partial charge in [0.1, 0.15) is 5.75 Å². The van der Waals surface area contributed by atoms with Gasteiger partial charge in [0.2, 0.25) is 0 Å². The van der Waals surface area contributed by atoms with Crippen molar-refractivity contribution in [1.82, 2.24) is 0 Å². The molecule has 0 fully saturated rings. The summed E-state index contributed by atoms with van der Waals surface area (Å²) in [5.74, 6) is 1.54. The van der Waals surface area contributed by atoms with E-state index in [1.165, 1.54) is 11.1 Å². The fourth-order valence-electron chi connectivity index (χ4n) is 2.21. The molecule has 0 bridgehead atoms. The largest absolute Gasteiger partial charge is 0.493 e. The van der Waals surface area contributed by atoms with Crippen molar-refractivity contribution in [3.8, 4) is 5.75 Å². The molecule has 1 aromatic rings. The Morgan fingerprint density at radius 2 is 2.36 bits per heavy atom. The van der Waals surface area contributed by atoms with E-state index in [4.69, 9.17) is 10.5 Å². The van der Waals surface area contributed by atoms with E-state index in [1.807, 2.05) is 12.1 Å². The molecule has 2 nitrogen and oxygen atoms in total. The van der Waals surface area contributed by atoms with Crippen LogP contribution in [-0.4, -0.2) is 12.6 Å². The minimum Gasteiger partial charge on any atom is -0.493 e. The summed E-state index contributed by atoms with van der Waals surface area (Å²) in [5, 5.41) is 0. The lowest BCUT2D eigenvalue weighted by molar-refractivity contribution is 0.320. The Balaban J connectivity index is 2.29. The lowest BCUT2D eigenvalue weighted by Gasteiger charge is -2.13. The standard InChI is InChI=1S/C12H17NO/c1-8-4-3-5-11-12(8)10(7-14-11)6-9(2)13/h3-5,9-10H,6-7,13H2,1-2H3. The van der Waals surface area contributed by atoms with Gasteiger partial charge in [0.05, 0.1) is 6.61 Å². The molecule has 0 aromatic heterocycles. The van der Waals surface area contributed by atoms with E-state index in [-0.39, 0.29) is 6.04 Å². The molecule has 1 aliphatic rings. The topological polar surface area (TPSA) is 35.2 Å². The first-order chi connectivity index (χ1) is 6.68. The van der Waals surface area contributed by atoms with E-state index in [1.54, 1.807) is 0 Å². The van der Waals surface area contributed by atoms with Crippen molar-refractivity contribution < 1.29 is 4.74 Å². The summed E-state index contributed by atoms with van der Waals surface area (Å²) in [6, 6.07) is 6.47. The van der Waals surface area contributed by atoms with Crippen LogP contribution in [0.2, 0.25) is 0 Å². The fraction of sp³-hybridized carbons (Fsp3) is 0.500. The van der Waals surface area contributed by atoms with Crippen molar-refractivity contribution in [1.29, 1.82) is 0 Å². The van der Waals surface area contributed by atoms with Gasteiger partial charge in [0.15, 0.2) is 0 Å². The quantitative estimate of drug-likeness (QED) is 0.777. The summed E-state index contributed by atoms with van der Waals surface area (Å²) >= 11 is 0. The Morgan fingerprint density at radius 3 is 3.07 bits per heavy atom. The minimum atomic E-state index is 0.245. The molecule has 2 atom stereocenters. The smallest absolute Gasteiger partial charge is 0.123 e. The minimum absolute atomic E-state index is 0.245. The van der Waals surface area contributed by atoms with E-state index in [0.29, 0.717) is 5.92 Å². The van der Waals surface area contributed by atoms with Crippen molar-refractivity contribution in [3.05, 3.63) is 29.3 Å². The summed E-state index contributed by atoms with van der Waals surface area (Å²) in [5.41, 5.74) is 8.51. The molecular weight excluding hydrogens is 174 g/mol. The Bertz CT molecular complexity index is 333. The SMILES string of the molecule is Cc1cccc2c1C(CC(C)N)CO2. The maximum atomic E-state index is 5.82. The second kappa shape index (κ2) is 3.62. The average Bonchev–Trinajstić information content (AvgIpc) is 2.49. The molecule has 0 aliphatic carbocycles. The number of rotatable bonds is 2. The third kappa shape index (κ3) is 1.62. The number of hydrogen-bond donors (Lipinski definition) is 1. The van der Waals surface area contributed by atoms with E-state index in [9.17, 15) is 0 Å². The van der Waals surface area contributed by atoms with Crippen molar-refractivity contribution >= 4 is 0 Å². The Morgan fingerprint density at radius 1 is 1.57 bits per heavy atom. The third-order valence-corrected chi connectivity index (χ3v) is 2.79. The second-order valence-corrected chi connectivity index (χ2v) is 4.21. The fourth-order valence-corrected chi connectivity index (χ4v) is 2.21. The first kappa shape index (κ1) is 9.53. The molecule has 1 heterocycles. The number of fused-ring (bicyclic) bond motifs is 1. The van der Waals surface area contributed by atoms with Gasteiger partial charge in [-0.15, -0.1) is 0 Å². The lowest BCUT2D eigenvalue weighted by Crippen LogP contribution is -2.19. The molecule has 0 radical (unpaired) electrons. The van der Waals surface area contributed by atoms with Gasteiger partial charge >= 0.3 is 0 Å². The maximum absolute atomic E-state index is 5.82. The van der Waals surface area contributed by atoms with Gasteiger partial charge < -0.3 is 10.5 Å². The van der Waals surface area contributed by atoms with Crippen molar-refractivity contribution in [2.75, 3.05) is 6.61 Å². The summed E-state index contributed by atoms with van der Waals surface area (Å²) in [7, 11) is 0. The number of benzene rings is 1. The van der Waals surface area contributed by atoms with E-state index in [0.717, 1.165) is 18.8 Å². The van der Waals surface area contributed by atoms with E-state index < -0.39 is 0 Å². The highest BCUT2D eigenvalue weighted by molar-refractivity contribution is 5.45. The molecule has 14 heavy (non-hydrogen) atoms. The number of nitrogens with two attached hydrogens (primary N) is 1. The molecule has 2 rings (SSSR count). The van der Waals surface area contributed by atoms with Crippen molar-refractivity contribution in [3.63, 3.8) is 0 Å². The van der Waals surface area contributed by atoms with Gasteiger partial charge in [-0.25, -0.2) is 0 Å². The summed E-state index contributed by atoms with van der Waals surface area (Å²) < 4.78 is 5.64. The van der Waals surface area contributed by atoms with Gasteiger partial charge in [0, 0.05) is 17.5 Å². The zero-order chi connectivity index (χ0) is 10.1. The van der Waals surface area contributed by atoms with Crippen LogP contribution in [-0.2, 0) is 0 Å². The van der Waals surface area contributed by atoms with Crippen LogP contribution in [0, 0.1) is 6.92 Å². The summed E-state index contributed by atoms with van der Waals surface area (Å²) in [4.78, 5) is 0. The van der Waals surface area contributed by atoms with Gasteiger partial charge in [0.25, 0.3) is 0 Å². The second-order valence-electron chi connectivity index (χ2n) is 4.21. The van der Waals surface area contributed by atoms with Crippen LogP contribution in [0.4, 0.5) is 0 Å². The van der Waals surface area contributed by atoms with Crippen molar-refractivity contribution in [2.24, 2.45) is 5.73 Å². The van der Waals surface area contributed by atoms with E-state index >= 15 is 0 Å². The normalized spacial score (nSPS) is 21.5. The Kier molecular flexibility index (Phi) is 2.46. The first-order valence-electron chi connectivity index (χ1n) is 5.16. The van der Waals surface area contributed by atoms with Gasteiger partial charge in [-0.05, 0) is 31.9 Å². The molecule has 1 aromatic carbocycles. The Labute approximate surface area is 85.1 Å². The molecule has 2 N–H and O–H groups in total. The number of aryl methyl sites for hydroxylation is 1. The predicted octanol–water partition coefficient (Wildman–Crippen LogP) is 2.21. The predicted molar refractivity (Wildman–Crippen MR) is 57.7 cm³/mol. The zero-order valence-corrected chi connectivity index (χ0v) is 8.79. The molecule has 2 heteroatoms. The van der Waals surface area contributed by atoms with Crippen LogP contribution < -0.4 is 10.5 Å². The highest BCUT2D eigenvalue weighted by Crippen LogP contribution is 2.38. The summed E-state index contributed by atoms with van der Waals surface area (Å²) in [6.45, 7) is 4.99. The van der Waals surface area contributed by atoms with Crippen LogP contribution in [0.5, 0.6) is 5.75 Å². The molecule has 2 unspecified atom stereocenters. The molecular formula is C12H17NO. The zero-order valence-electron chi connectivity index (χ0n) is 8.79. The lowest BCUT2D eigenvalue weighted by atomic mass is 9.91. The van der Waals surface area contributed by atoms with Crippen LogP contribution >= 0.6 is 0 Å². The van der Waals surface area contributed by atoms with Crippen LogP contribution in [0.1, 0.15) is 30.4 Å². The third-order valence-electron chi connectivity index (χ3n) is 2.79. The highest BCUT2D eigenvalue weighted by Gasteiger charge is 2.26. The maximum Gasteiger partial charge on any atom is 0.123 e. The van der Waals surface area contributed by atoms with Crippen LogP contribution in [0.25, 0.3) is 0 Å². The van der Waals surface area contributed by atoms with Gasteiger partial charge in [-0.1, -0.05) is 12.1 Å². The van der Waals surface area contributed by atoms with E-state index in [2.05, 4.69) is 19.9 Å². The first-order valence-corrected chi connectivity index (χ1v) is 5.16. The molecule has 0 saturated heterocycles. The van der Waals surface area contributed by atoms with Crippen LogP contribution in [0.15, 0.2) is 18.2 Å². The highest BCUT2D eigenvalue weighted by atomic mass is 16.5. The number of ether oxygens (including phenoxy) is 1. The molecule has 76 valence electrons. The monoisotopic (exact) mass is 191 g/mol. The van der Waals surface area contributed by atoms with Crippen LogP contribution in [0.3, 0.4) is 0 Å². The molecule has 0 spiro atoms. The molecule has 0 saturated carbocycles. The number of hydrogen-bond acceptors (Lipinski definition) is 2. The van der Waals surface area contributed by atoms with Crippen molar-refractivity contribution in [2.45, 2.75) is 32.2 Å². The molecule has 0 amide bonds. The average molecular weight is 191 g/mol. The Hall–Kier alpha value is -1.02. The van der Waals surface area contributed by atoms with Gasteiger partial charge in [-0.3, -0.25) is 0 Å². The van der Waals surface area contributed by atoms with Gasteiger partial charge in [-0.2, -0.15) is 0 Å².